The van der Waals surface area contributed by atoms with Gasteiger partial charge in [0.1, 0.15) is 5.75 Å². The van der Waals surface area contributed by atoms with Crippen LogP contribution in [0.2, 0.25) is 0 Å². The largest absolute Gasteiger partial charge is 0.497 e. The number of carbonyl (C=O) groups is 1. The maximum atomic E-state index is 11.4. The van der Waals surface area contributed by atoms with E-state index in [2.05, 4.69) is 15.4 Å². The Morgan fingerprint density at radius 1 is 1.48 bits per heavy atom. The molecule has 0 atom stereocenters. The second-order valence-electron chi connectivity index (χ2n) is 4.38. The van der Waals surface area contributed by atoms with Gasteiger partial charge in [-0.25, -0.2) is 4.52 Å². The number of nitrogens with one attached hydrogen (secondary N) is 1. The molecule has 21 heavy (non-hydrogen) atoms. The maximum absolute atomic E-state index is 11.4. The summed E-state index contributed by atoms with van der Waals surface area (Å²) in [7, 11) is 1.64. The summed E-state index contributed by atoms with van der Waals surface area (Å²) in [5.74, 6) is 1.01. The Labute approximate surface area is 125 Å². The molecular weight excluding hydrogens is 288 g/mol. The minimum absolute atomic E-state index is 0.101. The number of amides is 1. The van der Waals surface area contributed by atoms with E-state index in [4.69, 9.17) is 4.74 Å². The molecule has 0 fully saturated rings. The second kappa shape index (κ2) is 5.53. The van der Waals surface area contributed by atoms with E-state index in [1.807, 2.05) is 29.6 Å². The predicted octanol–water partition coefficient (Wildman–Crippen LogP) is 2.81. The fourth-order valence-corrected chi connectivity index (χ4v) is 2.76. The molecule has 108 valence electrons. The first-order valence-electron chi connectivity index (χ1n) is 6.50. The van der Waals surface area contributed by atoms with Crippen molar-refractivity contribution in [2.75, 3.05) is 12.4 Å². The van der Waals surface area contributed by atoms with Crippen LogP contribution in [0.15, 0.2) is 29.6 Å². The third-order valence-corrected chi connectivity index (χ3v) is 3.84. The normalized spacial score (nSPS) is 10.8. The average molecular weight is 302 g/mol. The summed E-state index contributed by atoms with van der Waals surface area (Å²) in [6.45, 7) is 1.79. The third kappa shape index (κ3) is 2.59. The summed E-state index contributed by atoms with van der Waals surface area (Å²) >= 11 is 1.47. The number of nitrogens with zero attached hydrogens (tertiary/aromatic N) is 3. The van der Waals surface area contributed by atoms with Gasteiger partial charge in [0.25, 0.3) is 0 Å². The van der Waals surface area contributed by atoms with Gasteiger partial charge in [-0.15, -0.1) is 16.4 Å². The smallest absolute Gasteiger partial charge is 0.250 e. The quantitative estimate of drug-likeness (QED) is 0.804. The molecule has 0 radical (unpaired) electrons. The highest BCUT2D eigenvalue weighted by molar-refractivity contribution is 7.15. The number of methoxy groups -OCH3 is 1. The minimum Gasteiger partial charge on any atom is -0.497 e. The third-order valence-electron chi connectivity index (χ3n) is 3.02. The summed E-state index contributed by atoms with van der Waals surface area (Å²) in [6, 6.07) is 7.74. The average Bonchev–Trinajstić information content (AvgIpc) is 3.06. The summed E-state index contributed by atoms with van der Waals surface area (Å²) in [5.41, 5.74) is 1.90. The highest BCUT2D eigenvalue weighted by atomic mass is 32.1. The lowest BCUT2D eigenvalue weighted by Gasteiger charge is -2.02. The van der Waals surface area contributed by atoms with Crippen LogP contribution in [0, 0.1) is 0 Å². The van der Waals surface area contributed by atoms with Crippen LogP contribution >= 0.6 is 11.3 Å². The van der Waals surface area contributed by atoms with E-state index in [9.17, 15) is 4.79 Å². The Balaban J connectivity index is 2.00. The van der Waals surface area contributed by atoms with Crippen LogP contribution in [0.4, 0.5) is 5.95 Å². The van der Waals surface area contributed by atoms with Gasteiger partial charge in [-0.3, -0.25) is 10.1 Å². The van der Waals surface area contributed by atoms with Crippen LogP contribution in [0.1, 0.15) is 13.3 Å². The first kappa shape index (κ1) is 13.6. The van der Waals surface area contributed by atoms with Gasteiger partial charge in [0.2, 0.25) is 16.8 Å². The Hall–Kier alpha value is -2.41. The molecular formula is C14H14N4O2S. The highest BCUT2D eigenvalue weighted by Crippen LogP contribution is 2.28. The Morgan fingerprint density at radius 2 is 2.33 bits per heavy atom. The van der Waals surface area contributed by atoms with E-state index in [-0.39, 0.29) is 5.91 Å². The molecule has 0 aliphatic rings. The van der Waals surface area contributed by atoms with Crippen LogP contribution in [0.5, 0.6) is 5.75 Å². The Morgan fingerprint density at radius 3 is 3.10 bits per heavy atom. The van der Waals surface area contributed by atoms with Crippen molar-refractivity contribution in [2.45, 2.75) is 13.3 Å². The fourth-order valence-electron chi connectivity index (χ4n) is 1.93. The summed E-state index contributed by atoms with van der Waals surface area (Å²) < 4.78 is 6.97. The number of ether oxygens (including phenoxy) is 1. The van der Waals surface area contributed by atoms with Gasteiger partial charge < -0.3 is 4.74 Å². The fraction of sp³-hybridized carbons (Fsp3) is 0.214. The first-order valence-corrected chi connectivity index (χ1v) is 7.37. The van der Waals surface area contributed by atoms with Crippen LogP contribution in [-0.4, -0.2) is 27.6 Å². The molecule has 3 rings (SSSR count). The van der Waals surface area contributed by atoms with Gasteiger partial charge in [-0.05, 0) is 12.1 Å². The molecule has 0 unspecified atom stereocenters. The van der Waals surface area contributed by atoms with E-state index < -0.39 is 0 Å². The molecule has 1 N–H and O–H groups in total. The number of fused-ring (bicyclic) bond motifs is 1. The van der Waals surface area contributed by atoms with E-state index in [1.165, 1.54) is 11.3 Å². The van der Waals surface area contributed by atoms with Crippen molar-refractivity contribution in [2.24, 2.45) is 0 Å². The van der Waals surface area contributed by atoms with Crippen molar-refractivity contribution in [3.8, 4) is 17.0 Å². The Kier molecular flexibility index (Phi) is 3.57. The second-order valence-corrected chi connectivity index (χ2v) is 5.22. The van der Waals surface area contributed by atoms with Crippen molar-refractivity contribution < 1.29 is 9.53 Å². The van der Waals surface area contributed by atoms with Gasteiger partial charge in [0.15, 0.2) is 0 Å². The van der Waals surface area contributed by atoms with Crippen molar-refractivity contribution in [1.29, 1.82) is 0 Å². The van der Waals surface area contributed by atoms with Gasteiger partial charge in [0, 0.05) is 17.4 Å². The molecule has 3 aromatic rings. The number of hydrogen-bond acceptors (Lipinski definition) is 5. The standard InChI is InChI=1S/C14H14N4O2S/c1-3-12(19)15-13-16-14-18(17-13)11(8-21-14)9-5-4-6-10(7-9)20-2/h4-8H,3H2,1-2H3,(H,15,17,19). The van der Waals surface area contributed by atoms with Crippen molar-refractivity contribution >= 4 is 28.2 Å². The molecule has 7 heteroatoms. The lowest BCUT2D eigenvalue weighted by molar-refractivity contribution is -0.115. The topological polar surface area (TPSA) is 68.5 Å². The predicted molar refractivity (Wildman–Crippen MR) is 81.8 cm³/mol. The number of benzene rings is 1. The SMILES string of the molecule is CCC(=O)Nc1nc2scc(-c3cccc(OC)c3)n2n1. The van der Waals surface area contributed by atoms with Gasteiger partial charge in [-0.1, -0.05) is 19.1 Å². The van der Waals surface area contributed by atoms with E-state index in [1.54, 1.807) is 18.5 Å². The van der Waals surface area contributed by atoms with Crippen molar-refractivity contribution in [3.05, 3.63) is 29.6 Å². The number of hydrogen-bond donors (Lipinski definition) is 1. The maximum Gasteiger partial charge on any atom is 0.250 e. The summed E-state index contributed by atoms with van der Waals surface area (Å²) in [4.78, 5) is 16.4. The van der Waals surface area contributed by atoms with E-state index in [0.717, 1.165) is 22.0 Å². The lowest BCUT2D eigenvalue weighted by atomic mass is 10.2. The molecule has 2 aromatic heterocycles. The number of anilines is 1. The van der Waals surface area contributed by atoms with Crippen LogP contribution in [-0.2, 0) is 4.79 Å². The van der Waals surface area contributed by atoms with Crippen LogP contribution in [0.3, 0.4) is 0 Å². The zero-order valence-electron chi connectivity index (χ0n) is 11.7. The van der Waals surface area contributed by atoms with Gasteiger partial charge >= 0.3 is 0 Å². The molecule has 0 saturated carbocycles. The number of thiazole rings is 1. The summed E-state index contributed by atoms with van der Waals surface area (Å²) in [5, 5.41) is 8.99. The molecule has 2 heterocycles. The first-order chi connectivity index (χ1) is 10.2. The van der Waals surface area contributed by atoms with Crippen molar-refractivity contribution in [3.63, 3.8) is 0 Å². The van der Waals surface area contributed by atoms with Crippen LogP contribution in [0.25, 0.3) is 16.2 Å². The van der Waals surface area contributed by atoms with Gasteiger partial charge in [-0.2, -0.15) is 4.98 Å². The van der Waals surface area contributed by atoms with E-state index in [0.29, 0.717) is 12.4 Å². The monoisotopic (exact) mass is 302 g/mol. The zero-order valence-corrected chi connectivity index (χ0v) is 12.5. The minimum atomic E-state index is -0.101. The molecule has 0 aliphatic carbocycles. The number of rotatable bonds is 4. The molecule has 0 aliphatic heterocycles. The molecule has 1 amide bonds. The number of aromatic nitrogens is 3. The molecule has 0 saturated heterocycles. The Bertz CT molecular complexity index is 793. The van der Waals surface area contributed by atoms with E-state index >= 15 is 0 Å². The highest BCUT2D eigenvalue weighted by Gasteiger charge is 2.13. The number of carbonyl (C=O) groups excluding carboxylic acids is 1. The molecule has 0 bridgehead atoms. The van der Waals surface area contributed by atoms with Crippen LogP contribution < -0.4 is 10.1 Å². The van der Waals surface area contributed by atoms with Gasteiger partial charge in [0.05, 0.1) is 12.8 Å². The lowest BCUT2D eigenvalue weighted by Crippen LogP contribution is -2.10. The molecule has 6 nitrogen and oxygen atoms in total. The molecule has 0 spiro atoms. The zero-order chi connectivity index (χ0) is 14.8. The van der Waals surface area contributed by atoms with Crippen molar-refractivity contribution in [1.82, 2.24) is 14.6 Å². The summed E-state index contributed by atoms with van der Waals surface area (Å²) in [6.07, 6.45) is 0.398. The molecule has 1 aromatic carbocycles.